The first-order valence-corrected chi connectivity index (χ1v) is 12.5. The number of aryl methyl sites for hydroxylation is 1. The quantitative estimate of drug-likeness (QED) is 0.590. The van der Waals surface area contributed by atoms with Crippen LogP contribution in [0.2, 0.25) is 0 Å². The minimum atomic E-state index is -0.368. The third kappa shape index (κ3) is 5.15. The topological polar surface area (TPSA) is 68.6 Å². The minimum absolute atomic E-state index is 0.117. The Morgan fingerprint density at radius 2 is 2.24 bits per heavy atom. The van der Waals surface area contributed by atoms with E-state index in [4.69, 9.17) is 14.6 Å². The number of ether oxygens (including phenoxy) is 2. The number of nitrogens with zero attached hydrogens (tertiary/aromatic N) is 3. The molecule has 1 saturated carbocycles. The third-order valence-corrected chi connectivity index (χ3v) is 6.96. The van der Waals surface area contributed by atoms with E-state index in [0.717, 1.165) is 68.6 Å². The number of nitrogens with one attached hydrogen (secondary N) is 1. The summed E-state index contributed by atoms with van der Waals surface area (Å²) >= 11 is 0. The van der Waals surface area contributed by atoms with Gasteiger partial charge in [0.1, 0.15) is 6.10 Å². The Hall–Kier alpha value is -2.22. The fourth-order valence-corrected chi connectivity index (χ4v) is 5.02. The van der Waals surface area contributed by atoms with Crippen molar-refractivity contribution in [2.24, 2.45) is 0 Å². The second kappa shape index (κ2) is 10.4. The van der Waals surface area contributed by atoms with E-state index in [-0.39, 0.29) is 12.0 Å². The van der Waals surface area contributed by atoms with Crippen molar-refractivity contribution in [2.75, 3.05) is 33.4 Å². The predicted octanol–water partition coefficient (Wildman–Crippen LogP) is 3.51. The molecule has 3 aliphatic rings. The number of amides is 1. The van der Waals surface area contributed by atoms with Crippen molar-refractivity contribution in [3.63, 3.8) is 0 Å². The monoisotopic (exact) mass is 452 g/mol. The van der Waals surface area contributed by atoms with Crippen molar-refractivity contribution in [1.82, 2.24) is 20.0 Å². The molecule has 0 bridgehead atoms. The van der Waals surface area contributed by atoms with Crippen LogP contribution in [-0.2, 0) is 27.4 Å². The van der Waals surface area contributed by atoms with Gasteiger partial charge in [-0.25, -0.2) is 0 Å². The predicted molar refractivity (Wildman–Crippen MR) is 129 cm³/mol. The van der Waals surface area contributed by atoms with Crippen LogP contribution in [0.25, 0.3) is 16.5 Å². The van der Waals surface area contributed by atoms with Gasteiger partial charge in [0.2, 0.25) is 0 Å². The third-order valence-electron chi connectivity index (χ3n) is 6.96. The summed E-state index contributed by atoms with van der Waals surface area (Å²) in [6.45, 7) is 4.19. The molecule has 2 aliphatic carbocycles. The Morgan fingerprint density at radius 1 is 1.33 bits per heavy atom. The van der Waals surface area contributed by atoms with Crippen molar-refractivity contribution in [1.29, 1.82) is 0 Å². The molecule has 0 radical (unpaired) electrons. The van der Waals surface area contributed by atoms with Crippen LogP contribution in [0.4, 0.5) is 0 Å². The highest BCUT2D eigenvalue weighted by atomic mass is 16.5. The number of hydrogen-bond donors (Lipinski definition) is 1. The second-order valence-electron chi connectivity index (χ2n) is 9.51. The molecule has 2 aromatic rings. The molecule has 1 aromatic carbocycles. The summed E-state index contributed by atoms with van der Waals surface area (Å²) in [5, 5.41) is 9.55. The van der Waals surface area contributed by atoms with E-state index in [1.165, 1.54) is 23.8 Å². The molecule has 1 saturated heterocycles. The summed E-state index contributed by atoms with van der Waals surface area (Å²) in [5.41, 5.74) is 4.82. The maximum absolute atomic E-state index is 13.2. The second-order valence-corrected chi connectivity index (χ2v) is 9.51. The fourth-order valence-electron chi connectivity index (χ4n) is 5.02. The van der Waals surface area contributed by atoms with Crippen molar-refractivity contribution < 1.29 is 14.3 Å². The molecule has 178 valence electrons. The number of fused-ring (bicyclic) bond motifs is 1. The average Bonchev–Trinajstić information content (AvgIpc) is 3.65. The summed E-state index contributed by atoms with van der Waals surface area (Å²) in [6, 6.07) is 6.97. The lowest BCUT2D eigenvalue weighted by atomic mass is 9.95. The van der Waals surface area contributed by atoms with Gasteiger partial charge < -0.3 is 19.7 Å². The minimum Gasteiger partial charge on any atom is -0.385 e. The molecule has 1 atom stereocenters. The normalized spacial score (nSPS) is 21.2. The SMILES string of the molecule is COCCCn1nc(C2=CCCCC2)c2ccc(CN(C(=O)[C@H]3CNCCO3)C3CC3)cc21. The van der Waals surface area contributed by atoms with Crippen LogP contribution in [0.1, 0.15) is 56.2 Å². The van der Waals surface area contributed by atoms with Crippen LogP contribution in [0.3, 0.4) is 0 Å². The summed E-state index contributed by atoms with van der Waals surface area (Å²) in [6.07, 6.45) is 9.84. The van der Waals surface area contributed by atoms with Crippen LogP contribution in [0.5, 0.6) is 0 Å². The smallest absolute Gasteiger partial charge is 0.253 e. The molecule has 1 amide bonds. The Morgan fingerprint density at radius 3 is 2.97 bits per heavy atom. The highest BCUT2D eigenvalue weighted by Crippen LogP contribution is 2.33. The first-order valence-electron chi connectivity index (χ1n) is 12.5. The highest BCUT2D eigenvalue weighted by Gasteiger charge is 2.37. The standard InChI is InChI=1S/C26H36N4O3/c1-32-14-5-13-30-23-16-19(8-11-22(23)25(28-30)20-6-3-2-4-7-20)18-29(21-9-10-21)26(31)24-17-27-12-15-33-24/h6,8,11,16,21,24,27H,2-5,7,9-10,12-15,17-18H2,1H3/t24-/m1/s1. The van der Waals surface area contributed by atoms with Gasteiger partial charge >= 0.3 is 0 Å². The van der Waals surface area contributed by atoms with Crippen LogP contribution in [0, 0.1) is 0 Å². The zero-order chi connectivity index (χ0) is 22.6. The van der Waals surface area contributed by atoms with Gasteiger partial charge in [-0.3, -0.25) is 9.48 Å². The first kappa shape index (κ1) is 22.6. The van der Waals surface area contributed by atoms with Crippen LogP contribution in [-0.4, -0.2) is 66.1 Å². The van der Waals surface area contributed by atoms with Gasteiger partial charge in [0.05, 0.1) is 17.8 Å². The first-order chi connectivity index (χ1) is 16.2. The number of hydrogen-bond acceptors (Lipinski definition) is 5. The molecular formula is C26H36N4O3. The molecule has 1 N–H and O–H groups in total. The Kier molecular flexibility index (Phi) is 7.09. The number of carbonyl (C=O) groups excluding carboxylic acids is 1. The van der Waals surface area contributed by atoms with Crippen LogP contribution < -0.4 is 5.32 Å². The summed E-state index contributed by atoms with van der Waals surface area (Å²) in [4.78, 5) is 15.3. The molecule has 33 heavy (non-hydrogen) atoms. The molecule has 2 heterocycles. The van der Waals surface area contributed by atoms with Crippen molar-refractivity contribution in [3.05, 3.63) is 35.5 Å². The number of aromatic nitrogens is 2. The summed E-state index contributed by atoms with van der Waals surface area (Å²) in [5.74, 6) is 0.117. The molecule has 1 aliphatic heterocycles. The molecule has 7 nitrogen and oxygen atoms in total. The van der Waals surface area contributed by atoms with Gasteiger partial charge in [0.25, 0.3) is 5.91 Å². The molecular weight excluding hydrogens is 416 g/mol. The summed E-state index contributed by atoms with van der Waals surface area (Å²) < 4.78 is 13.2. The van der Waals surface area contributed by atoms with Gasteiger partial charge in [0, 0.05) is 51.3 Å². The fraction of sp³-hybridized carbons (Fsp3) is 0.615. The van der Waals surface area contributed by atoms with Gasteiger partial charge in [-0.2, -0.15) is 5.10 Å². The van der Waals surface area contributed by atoms with E-state index >= 15 is 0 Å². The number of morpholine rings is 1. The Labute approximate surface area is 196 Å². The van der Waals surface area contributed by atoms with Crippen molar-refractivity contribution in [2.45, 2.75) is 70.2 Å². The van der Waals surface area contributed by atoms with Crippen molar-refractivity contribution >= 4 is 22.4 Å². The van der Waals surface area contributed by atoms with Crippen molar-refractivity contribution in [3.8, 4) is 0 Å². The van der Waals surface area contributed by atoms with E-state index in [1.807, 2.05) is 4.90 Å². The number of carbonyl (C=O) groups is 1. The van der Waals surface area contributed by atoms with E-state index in [2.05, 4.69) is 34.3 Å². The largest absolute Gasteiger partial charge is 0.385 e. The zero-order valence-electron chi connectivity index (χ0n) is 19.7. The van der Waals surface area contributed by atoms with Gasteiger partial charge in [-0.15, -0.1) is 0 Å². The highest BCUT2D eigenvalue weighted by molar-refractivity contribution is 5.91. The Balaban J connectivity index is 1.42. The molecule has 7 heteroatoms. The molecule has 0 unspecified atom stereocenters. The van der Waals surface area contributed by atoms with Crippen LogP contribution >= 0.6 is 0 Å². The maximum Gasteiger partial charge on any atom is 0.253 e. The van der Waals surface area contributed by atoms with E-state index in [1.54, 1.807) is 7.11 Å². The summed E-state index contributed by atoms with van der Waals surface area (Å²) in [7, 11) is 1.74. The molecule has 5 rings (SSSR count). The van der Waals surface area contributed by atoms with Gasteiger partial charge in [-0.1, -0.05) is 18.2 Å². The molecule has 1 aromatic heterocycles. The lowest BCUT2D eigenvalue weighted by Gasteiger charge is -2.30. The van der Waals surface area contributed by atoms with E-state index in [9.17, 15) is 4.79 Å². The average molecular weight is 453 g/mol. The maximum atomic E-state index is 13.2. The zero-order valence-corrected chi connectivity index (χ0v) is 19.7. The molecule has 0 spiro atoms. The molecule has 2 fully saturated rings. The number of rotatable bonds is 9. The van der Waals surface area contributed by atoms with E-state index in [0.29, 0.717) is 25.7 Å². The lowest BCUT2D eigenvalue weighted by molar-refractivity contribution is -0.146. The number of methoxy groups -OCH3 is 1. The Bertz CT molecular complexity index is 1000. The number of allylic oxidation sites excluding steroid dienone is 2. The van der Waals surface area contributed by atoms with Gasteiger partial charge in [0.15, 0.2) is 0 Å². The van der Waals surface area contributed by atoms with Crippen LogP contribution in [0.15, 0.2) is 24.3 Å². The number of benzene rings is 1. The lowest BCUT2D eigenvalue weighted by Crippen LogP contribution is -2.49. The van der Waals surface area contributed by atoms with E-state index < -0.39 is 0 Å². The van der Waals surface area contributed by atoms with Gasteiger partial charge in [-0.05, 0) is 62.1 Å².